The van der Waals surface area contributed by atoms with Gasteiger partial charge in [0.1, 0.15) is 0 Å². The molecule has 3 rings (SSSR count). The molecule has 2 N–H and O–H groups in total. The van der Waals surface area contributed by atoms with Crippen molar-refractivity contribution in [1.29, 1.82) is 0 Å². The standard InChI is InChI=1S/C11H13NO.C10H11NO.C2H6/c1-2-6-10-7-4-3-5-8-11(10)12-9-13;12-10-7-6-8-4-2-1-3-5-9(8)11-10;1-2/h2-6,8-9H,7H2,1H3,(H,12,13);1-3,5H,4,6-7H2,(H,11,12);1-2H3/b6-2-;;. The van der Waals surface area contributed by atoms with Crippen molar-refractivity contribution < 1.29 is 9.59 Å². The van der Waals surface area contributed by atoms with E-state index in [1.54, 1.807) is 0 Å². The summed E-state index contributed by atoms with van der Waals surface area (Å²) in [6, 6.07) is 0. The van der Waals surface area contributed by atoms with Crippen LogP contribution in [0.1, 0.15) is 46.5 Å². The monoisotopic (exact) mass is 366 g/mol. The van der Waals surface area contributed by atoms with Crippen LogP contribution < -0.4 is 10.6 Å². The fraction of sp³-hybridized carbons (Fsp3) is 0.304. The van der Waals surface area contributed by atoms with E-state index in [9.17, 15) is 9.59 Å². The number of carbonyl (C=O) groups is 2. The first kappa shape index (κ1) is 22.2. The predicted molar refractivity (Wildman–Crippen MR) is 113 cm³/mol. The first-order valence-electron chi connectivity index (χ1n) is 9.49. The molecule has 2 amide bonds. The molecule has 2 aliphatic carbocycles. The van der Waals surface area contributed by atoms with Gasteiger partial charge in [0.25, 0.3) is 0 Å². The SMILES string of the molecule is C/C=C\C1=C(NC=O)C=CC=CC1.CC.O=C1CCC2=C(C=CC=CC2)N1. The van der Waals surface area contributed by atoms with Crippen molar-refractivity contribution in [3.63, 3.8) is 0 Å². The Balaban J connectivity index is 0.000000248. The van der Waals surface area contributed by atoms with Gasteiger partial charge in [-0.25, -0.2) is 0 Å². The van der Waals surface area contributed by atoms with Crippen molar-refractivity contribution in [2.45, 2.75) is 46.5 Å². The molecular formula is C23H30N2O2. The molecule has 27 heavy (non-hydrogen) atoms. The van der Waals surface area contributed by atoms with Crippen LogP contribution in [0.5, 0.6) is 0 Å². The van der Waals surface area contributed by atoms with Crippen molar-refractivity contribution in [2.24, 2.45) is 0 Å². The third-order valence-electron chi connectivity index (χ3n) is 3.96. The smallest absolute Gasteiger partial charge is 0.224 e. The van der Waals surface area contributed by atoms with Gasteiger partial charge in [0.15, 0.2) is 0 Å². The summed E-state index contributed by atoms with van der Waals surface area (Å²) >= 11 is 0. The van der Waals surface area contributed by atoms with Crippen LogP contribution >= 0.6 is 0 Å². The highest BCUT2D eigenvalue weighted by atomic mass is 16.1. The van der Waals surface area contributed by atoms with E-state index in [0.29, 0.717) is 12.8 Å². The van der Waals surface area contributed by atoms with Crippen LogP contribution in [-0.2, 0) is 9.59 Å². The number of carbonyl (C=O) groups excluding carboxylic acids is 2. The molecule has 0 spiro atoms. The van der Waals surface area contributed by atoms with Gasteiger partial charge in [-0.3, -0.25) is 9.59 Å². The average molecular weight is 367 g/mol. The van der Waals surface area contributed by atoms with E-state index < -0.39 is 0 Å². The number of amides is 2. The zero-order valence-electron chi connectivity index (χ0n) is 16.5. The molecule has 4 heteroatoms. The molecule has 0 saturated heterocycles. The van der Waals surface area contributed by atoms with E-state index in [4.69, 9.17) is 0 Å². The lowest BCUT2D eigenvalue weighted by atomic mass is 10.0. The zero-order valence-corrected chi connectivity index (χ0v) is 16.5. The highest BCUT2D eigenvalue weighted by molar-refractivity contribution is 5.80. The Morgan fingerprint density at radius 3 is 2.41 bits per heavy atom. The third-order valence-corrected chi connectivity index (χ3v) is 3.96. The second-order valence-corrected chi connectivity index (χ2v) is 5.75. The summed E-state index contributed by atoms with van der Waals surface area (Å²) in [6.07, 6.45) is 24.0. The first-order chi connectivity index (χ1) is 13.2. The second-order valence-electron chi connectivity index (χ2n) is 5.75. The lowest BCUT2D eigenvalue weighted by molar-refractivity contribution is -0.120. The molecule has 0 saturated carbocycles. The minimum absolute atomic E-state index is 0.139. The maximum atomic E-state index is 11.0. The van der Waals surface area contributed by atoms with Gasteiger partial charge in [-0.2, -0.15) is 0 Å². The van der Waals surface area contributed by atoms with E-state index >= 15 is 0 Å². The normalized spacial score (nSPS) is 17.8. The molecule has 1 heterocycles. The van der Waals surface area contributed by atoms with Gasteiger partial charge in [0.05, 0.1) is 0 Å². The van der Waals surface area contributed by atoms with Crippen LogP contribution in [0.2, 0.25) is 0 Å². The highest BCUT2D eigenvalue weighted by Gasteiger charge is 2.15. The number of allylic oxidation sites excluding steroid dienone is 12. The Kier molecular flexibility index (Phi) is 10.9. The molecule has 0 aromatic heterocycles. The number of nitrogens with one attached hydrogen (secondary N) is 2. The summed E-state index contributed by atoms with van der Waals surface area (Å²) in [5.74, 6) is 0.139. The predicted octanol–water partition coefficient (Wildman–Crippen LogP) is 4.77. The Bertz CT molecular complexity index is 717. The number of hydrogen-bond donors (Lipinski definition) is 2. The Morgan fingerprint density at radius 2 is 1.70 bits per heavy atom. The van der Waals surface area contributed by atoms with Gasteiger partial charge >= 0.3 is 0 Å². The first-order valence-corrected chi connectivity index (χ1v) is 9.49. The topological polar surface area (TPSA) is 58.2 Å². The molecule has 0 radical (unpaired) electrons. The van der Waals surface area contributed by atoms with Gasteiger partial charge in [0.2, 0.25) is 12.3 Å². The molecule has 0 bridgehead atoms. The molecule has 0 fully saturated rings. The minimum Gasteiger partial charge on any atom is -0.328 e. The Labute approximate surface area is 162 Å². The quantitative estimate of drug-likeness (QED) is 0.707. The van der Waals surface area contributed by atoms with Gasteiger partial charge < -0.3 is 10.6 Å². The Morgan fingerprint density at radius 1 is 1.00 bits per heavy atom. The molecule has 1 aliphatic heterocycles. The summed E-state index contributed by atoms with van der Waals surface area (Å²) in [6.45, 7) is 5.96. The summed E-state index contributed by atoms with van der Waals surface area (Å²) in [4.78, 5) is 21.3. The van der Waals surface area contributed by atoms with Crippen LogP contribution in [0, 0.1) is 0 Å². The lowest BCUT2D eigenvalue weighted by Gasteiger charge is -2.17. The van der Waals surface area contributed by atoms with Gasteiger partial charge in [-0.05, 0) is 49.5 Å². The highest BCUT2D eigenvalue weighted by Crippen LogP contribution is 2.21. The average Bonchev–Trinajstić information content (AvgIpc) is 3.05. The van der Waals surface area contributed by atoms with Crippen molar-refractivity contribution in [2.75, 3.05) is 0 Å². The molecule has 144 valence electrons. The summed E-state index contributed by atoms with van der Waals surface area (Å²) in [5, 5.41) is 5.55. The van der Waals surface area contributed by atoms with Gasteiger partial charge in [0, 0.05) is 17.8 Å². The third kappa shape index (κ3) is 7.90. The van der Waals surface area contributed by atoms with Gasteiger partial charge in [-0.1, -0.05) is 62.5 Å². The summed E-state index contributed by atoms with van der Waals surface area (Å²) < 4.78 is 0. The van der Waals surface area contributed by atoms with E-state index in [1.165, 1.54) is 5.57 Å². The zero-order chi connectivity index (χ0) is 19.9. The van der Waals surface area contributed by atoms with Crippen molar-refractivity contribution in [1.82, 2.24) is 10.6 Å². The van der Waals surface area contributed by atoms with E-state index in [0.717, 1.165) is 36.2 Å². The Hall–Kier alpha value is -2.88. The molecular weight excluding hydrogens is 336 g/mol. The van der Waals surface area contributed by atoms with Crippen LogP contribution in [0.4, 0.5) is 0 Å². The van der Waals surface area contributed by atoms with Crippen molar-refractivity contribution >= 4 is 12.3 Å². The molecule has 0 aromatic rings. The summed E-state index contributed by atoms with van der Waals surface area (Å²) in [7, 11) is 0. The molecule has 0 atom stereocenters. The van der Waals surface area contributed by atoms with E-state index in [2.05, 4.69) is 22.8 Å². The van der Waals surface area contributed by atoms with Crippen LogP contribution in [0.15, 0.2) is 83.3 Å². The van der Waals surface area contributed by atoms with Crippen molar-refractivity contribution in [3.8, 4) is 0 Å². The maximum Gasteiger partial charge on any atom is 0.224 e. The second kappa shape index (κ2) is 13.3. The van der Waals surface area contributed by atoms with E-state index in [-0.39, 0.29) is 5.91 Å². The largest absolute Gasteiger partial charge is 0.328 e. The fourth-order valence-electron chi connectivity index (χ4n) is 2.72. The number of rotatable bonds is 3. The van der Waals surface area contributed by atoms with Crippen molar-refractivity contribution in [3.05, 3.63) is 83.3 Å². The lowest BCUT2D eigenvalue weighted by Crippen LogP contribution is -2.26. The molecule has 0 unspecified atom stereocenters. The maximum absolute atomic E-state index is 11.0. The fourth-order valence-corrected chi connectivity index (χ4v) is 2.72. The minimum atomic E-state index is 0.139. The van der Waals surface area contributed by atoms with E-state index in [1.807, 2.05) is 69.4 Å². The van der Waals surface area contributed by atoms with Gasteiger partial charge in [-0.15, -0.1) is 0 Å². The molecule has 0 aromatic carbocycles. The summed E-state index contributed by atoms with van der Waals surface area (Å²) in [5.41, 5.74) is 4.36. The van der Waals surface area contributed by atoms with Crippen LogP contribution in [-0.4, -0.2) is 12.3 Å². The molecule has 4 nitrogen and oxygen atoms in total. The van der Waals surface area contributed by atoms with Crippen LogP contribution in [0.3, 0.4) is 0 Å². The molecule has 3 aliphatic rings. The van der Waals surface area contributed by atoms with Crippen LogP contribution in [0.25, 0.3) is 0 Å². The number of hydrogen-bond acceptors (Lipinski definition) is 2.